The molecule has 0 bridgehead atoms. The number of ether oxygens (including phenoxy) is 2. The predicted molar refractivity (Wildman–Crippen MR) is 114 cm³/mol. The molecule has 3 heterocycles. The highest BCUT2D eigenvalue weighted by Gasteiger charge is 2.14. The molecule has 3 aromatic heterocycles. The molecule has 0 unspecified atom stereocenters. The molecular weight excluding hydrogens is 374 g/mol. The first-order valence-corrected chi connectivity index (χ1v) is 9.84. The van der Waals surface area contributed by atoms with E-state index in [2.05, 4.69) is 10.3 Å². The highest BCUT2D eigenvalue weighted by atomic mass is 32.1. The number of aromatic nitrogens is 2. The molecule has 4 rings (SSSR count). The third kappa shape index (κ3) is 3.34. The number of nitrogens with zero attached hydrogens (tertiary/aromatic N) is 2. The lowest BCUT2D eigenvalue weighted by Gasteiger charge is -2.08. The van der Waals surface area contributed by atoms with Crippen LogP contribution in [0, 0.1) is 0 Å². The Kier molecular flexibility index (Phi) is 5.27. The maximum Gasteiger partial charge on any atom is 0.273 e. The summed E-state index contributed by atoms with van der Waals surface area (Å²) in [6.07, 6.45) is 4.51. The average molecular weight is 395 g/mol. The van der Waals surface area contributed by atoms with Gasteiger partial charge in [0.1, 0.15) is 15.3 Å². The van der Waals surface area contributed by atoms with Gasteiger partial charge in [-0.1, -0.05) is 0 Å². The Balaban J connectivity index is 1.78. The zero-order valence-corrected chi connectivity index (χ0v) is 16.6. The molecule has 0 saturated heterocycles. The Morgan fingerprint density at radius 1 is 1.14 bits per heavy atom. The van der Waals surface area contributed by atoms with Gasteiger partial charge in [0.2, 0.25) is 0 Å². The molecule has 7 heteroatoms. The van der Waals surface area contributed by atoms with Gasteiger partial charge >= 0.3 is 0 Å². The van der Waals surface area contributed by atoms with E-state index in [0.717, 1.165) is 45.7 Å². The summed E-state index contributed by atoms with van der Waals surface area (Å²) in [7, 11) is 3.32. The lowest BCUT2D eigenvalue weighted by Crippen LogP contribution is -2.16. The highest BCUT2D eigenvalue weighted by Crippen LogP contribution is 2.35. The normalized spacial score (nSPS) is 11.2. The van der Waals surface area contributed by atoms with Crippen molar-refractivity contribution < 1.29 is 9.47 Å². The zero-order chi connectivity index (χ0) is 19.5. The van der Waals surface area contributed by atoms with E-state index < -0.39 is 0 Å². The van der Waals surface area contributed by atoms with Gasteiger partial charge in [0.25, 0.3) is 5.56 Å². The Hall–Kier alpha value is -2.90. The second kappa shape index (κ2) is 8.00. The molecule has 0 aliphatic heterocycles. The van der Waals surface area contributed by atoms with E-state index in [4.69, 9.17) is 9.47 Å². The fourth-order valence-corrected chi connectivity index (χ4v) is 4.32. The van der Waals surface area contributed by atoms with Gasteiger partial charge in [0.15, 0.2) is 0 Å². The maximum absolute atomic E-state index is 13.1. The van der Waals surface area contributed by atoms with E-state index >= 15 is 0 Å². The third-order valence-electron chi connectivity index (χ3n) is 4.62. The molecule has 144 valence electrons. The standard InChI is InChI=1S/C21H21N3O3S/c1-26-13-3-10-22-17-8-11-23-20-18(17)16-9-12-24(21(25)19(16)28-20)14-4-6-15(27-2)7-5-14/h4-9,11-12H,3,10,13H2,1-2H3,(H,22,23). The lowest BCUT2D eigenvalue weighted by molar-refractivity contribution is 0.198. The summed E-state index contributed by atoms with van der Waals surface area (Å²) < 4.78 is 12.7. The molecule has 0 atom stereocenters. The molecule has 0 aliphatic rings. The van der Waals surface area contributed by atoms with Crippen molar-refractivity contribution in [3.05, 3.63) is 59.1 Å². The van der Waals surface area contributed by atoms with Crippen LogP contribution in [0.2, 0.25) is 0 Å². The summed E-state index contributed by atoms with van der Waals surface area (Å²) in [4.78, 5) is 18.5. The lowest BCUT2D eigenvalue weighted by atomic mass is 10.2. The van der Waals surface area contributed by atoms with Crippen LogP contribution in [0.25, 0.3) is 26.0 Å². The third-order valence-corrected chi connectivity index (χ3v) is 5.73. The number of thiophene rings is 1. The van der Waals surface area contributed by atoms with Crippen LogP contribution in [0.15, 0.2) is 53.6 Å². The van der Waals surface area contributed by atoms with Crippen molar-refractivity contribution in [2.75, 3.05) is 32.7 Å². The molecule has 0 spiro atoms. The largest absolute Gasteiger partial charge is 0.497 e. The van der Waals surface area contributed by atoms with E-state index in [9.17, 15) is 4.79 Å². The van der Waals surface area contributed by atoms with Gasteiger partial charge in [0.05, 0.1) is 7.11 Å². The second-order valence-corrected chi connectivity index (χ2v) is 7.34. The Labute approximate surface area is 166 Å². The minimum Gasteiger partial charge on any atom is -0.497 e. The first-order valence-electron chi connectivity index (χ1n) is 9.03. The van der Waals surface area contributed by atoms with E-state index in [0.29, 0.717) is 11.3 Å². The van der Waals surface area contributed by atoms with Gasteiger partial charge in [-0.3, -0.25) is 9.36 Å². The van der Waals surface area contributed by atoms with Crippen LogP contribution in [-0.2, 0) is 4.74 Å². The molecule has 1 aromatic carbocycles. The number of pyridine rings is 2. The van der Waals surface area contributed by atoms with Crippen molar-refractivity contribution >= 4 is 37.3 Å². The first-order chi connectivity index (χ1) is 13.7. The Morgan fingerprint density at radius 3 is 2.71 bits per heavy atom. The molecule has 0 fully saturated rings. The van der Waals surface area contributed by atoms with Crippen molar-refractivity contribution in [1.82, 2.24) is 9.55 Å². The highest BCUT2D eigenvalue weighted by molar-refractivity contribution is 7.25. The molecule has 0 aliphatic carbocycles. The van der Waals surface area contributed by atoms with E-state index in [1.807, 2.05) is 42.6 Å². The number of anilines is 1. The van der Waals surface area contributed by atoms with Gasteiger partial charge in [-0.2, -0.15) is 0 Å². The summed E-state index contributed by atoms with van der Waals surface area (Å²) >= 11 is 1.43. The van der Waals surface area contributed by atoms with Crippen LogP contribution in [0.4, 0.5) is 5.69 Å². The van der Waals surface area contributed by atoms with Gasteiger partial charge in [-0.25, -0.2) is 4.98 Å². The minimum atomic E-state index is -0.0454. The van der Waals surface area contributed by atoms with E-state index in [-0.39, 0.29) is 5.56 Å². The number of hydrogen-bond donors (Lipinski definition) is 1. The summed E-state index contributed by atoms with van der Waals surface area (Å²) in [6, 6.07) is 11.4. The molecule has 28 heavy (non-hydrogen) atoms. The molecule has 0 amide bonds. The van der Waals surface area contributed by atoms with Crippen LogP contribution < -0.4 is 15.6 Å². The monoisotopic (exact) mass is 395 g/mol. The molecule has 1 N–H and O–H groups in total. The zero-order valence-electron chi connectivity index (χ0n) is 15.8. The van der Waals surface area contributed by atoms with E-state index in [1.165, 1.54) is 11.3 Å². The summed E-state index contributed by atoms with van der Waals surface area (Å²) in [5.41, 5.74) is 1.75. The van der Waals surface area contributed by atoms with Gasteiger partial charge < -0.3 is 14.8 Å². The van der Waals surface area contributed by atoms with Gasteiger partial charge in [0, 0.05) is 54.8 Å². The number of methoxy groups -OCH3 is 2. The quantitative estimate of drug-likeness (QED) is 0.478. The fraction of sp³-hybridized carbons (Fsp3) is 0.238. The van der Waals surface area contributed by atoms with Crippen molar-refractivity contribution in [2.24, 2.45) is 0 Å². The number of nitrogens with one attached hydrogen (secondary N) is 1. The second-order valence-electron chi connectivity index (χ2n) is 6.35. The smallest absolute Gasteiger partial charge is 0.273 e. The van der Waals surface area contributed by atoms with Crippen LogP contribution in [-0.4, -0.2) is 36.9 Å². The topological polar surface area (TPSA) is 65.4 Å². The number of hydrogen-bond acceptors (Lipinski definition) is 6. The molecule has 6 nitrogen and oxygen atoms in total. The average Bonchev–Trinajstić information content (AvgIpc) is 3.12. The van der Waals surface area contributed by atoms with Crippen LogP contribution in [0.3, 0.4) is 0 Å². The number of fused-ring (bicyclic) bond motifs is 3. The molecule has 0 saturated carbocycles. The number of rotatable bonds is 7. The minimum absolute atomic E-state index is 0.0454. The summed E-state index contributed by atoms with van der Waals surface area (Å²) in [5, 5.41) is 5.37. The van der Waals surface area contributed by atoms with Gasteiger partial charge in [-0.15, -0.1) is 11.3 Å². The van der Waals surface area contributed by atoms with E-state index in [1.54, 1.807) is 25.0 Å². The Bertz CT molecular complexity index is 1170. The fourth-order valence-electron chi connectivity index (χ4n) is 3.22. The SMILES string of the molecule is COCCCNc1ccnc2sc3c(=O)n(-c4ccc(OC)cc4)ccc3c12. The van der Waals surface area contributed by atoms with Crippen LogP contribution in [0.5, 0.6) is 5.75 Å². The summed E-state index contributed by atoms with van der Waals surface area (Å²) in [6.45, 7) is 1.51. The number of benzene rings is 1. The van der Waals surface area contributed by atoms with Crippen molar-refractivity contribution in [3.63, 3.8) is 0 Å². The van der Waals surface area contributed by atoms with Crippen LogP contribution >= 0.6 is 11.3 Å². The Morgan fingerprint density at radius 2 is 1.96 bits per heavy atom. The maximum atomic E-state index is 13.1. The van der Waals surface area contributed by atoms with Gasteiger partial charge in [-0.05, 0) is 42.8 Å². The predicted octanol–water partition coefficient (Wildman–Crippen LogP) is 4.06. The molecule has 4 aromatic rings. The van der Waals surface area contributed by atoms with Crippen molar-refractivity contribution in [3.8, 4) is 11.4 Å². The van der Waals surface area contributed by atoms with Crippen molar-refractivity contribution in [2.45, 2.75) is 6.42 Å². The molecule has 0 radical (unpaired) electrons. The first kappa shape index (κ1) is 18.5. The van der Waals surface area contributed by atoms with Crippen LogP contribution in [0.1, 0.15) is 6.42 Å². The molecular formula is C21H21N3O3S. The summed E-state index contributed by atoms with van der Waals surface area (Å²) in [5.74, 6) is 0.758. The van der Waals surface area contributed by atoms with Crippen molar-refractivity contribution in [1.29, 1.82) is 0 Å².